The molecule has 2 aromatic heterocycles. The number of aromatic nitrogens is 2. The summed E-state index contributed by atoms with van der Waals surface area (Å²) in [7, 11) is 3.11. The summed E-state index contributed by atoms with van der Waals surface area (Å²) in [6.07, 6.45) is 1.86. The van der Waals surface area contributed by atoms with Gasteiger partial charge < -0.3 is 19.7 Å². The molecule has 1 amide bonds. The van der Waals surface area contributed by atoms with Crippen LogP contribution in [-0.4, -0.2) is 60.8 Å². The Morgan fingerprint density at radius 3 is 2.44 bits per heavy atom. The predicted molar refractivity (Wildman–Crippen MR) is 165 cm³/mol. The van der Waals surface area contributed by atoms with Crippen LogP contribution in [0.15, 0.2) is 64.3 Å². The molecular weight excluding hydrogens is 560 g/mol. The summed E-state index contributed by atoms with van der Waals surface area (Å²) >= 11 is 7.43. The molecule has 4 aromatic rings. The Morgan fingerprint density at radius 1 is 1.05 bits per heavy atom. The highest BCUT2D eigenvalue weighted by atomic mass is 35.5. The van der Waals surface area contributed by atoms with E-state index in [0.29, 0.717) is 70.2 Å². The molecule has 0 saturated carbocycles. The molecule has 3 heterocycles. The number of carbonyl (C=O) groups excluding carboxylic acids is 1. The van der Waals surface area contributed by atoms with Gasteiger partial charge in [0.1, 0.15) is 16.5 Å². The van der Waals surface area contributed by atoms with Gasteiger partial charge in [0.25, 0.3) is 11.5 Å². The molecule has 10 heteroatoms. The molecule has 2 aromatic carbocycles. The SMILES string of the molecule is COc1ccc(OC)c(-n2c(C=C(C)C)c(C(=O)N3CCNCC3)cc(-c3nc(-c4ccc(Cl)cc4)cs3)c2=O)c1. The maximum absolute atomic E-state index is 14.4. The predicted octanol–water partition coefficient (Wildman–Crippen LogP) is 5.77. The summed E-state index contributed by atoms with van der Waals surface area (Å²) in [6.45, 7) is 6.42. The van der Waals surface area contributed by atoms with Gasteiger partial charge in [-0.2, -0.15) is 0 Å². The number of halogens is 1. The van der Waals surface area contributed by atoms with Crippen molar-refractivity contribution < 1.29 is 14.3 Å². The number of thiazole rings is 1. The number of hydrogen-bond donors (Lipinski definition) is 1. The molecule has 1 aliphatic heterocycles. The van der Waals surface area contributed by atoms with E-state index in [1.165, 1.54) is 11.3 Å². The van der Waals surface area contributed by atoms with Gasteiger partial charge in [-0.25, -0.2) is 4.98 Å². The van der Waals surface area contributed by atoms with E-state index >= 15 is 0 Å². The van der Waals surface area contributed by atoms with E-state index in [9.17, 15) is 9.59 Å². The third-order valence-corrected chi connectivity index (χ3v) is 7.93. The van der Waals surface area contributed by atoms with Crippen molar-refractivity contribution >= 4 is 34.9 Å². The third kappa shape index (κ3) is 5.93. The molecule has 8 nitrogen and oxygen atoms in total. The summed E-state index contributed by atoms with van der Waals surface area (Å²) in [5.41, 5.74) is 3.89. The van der Waals surface area contributed by atoms with E-state index in [4.69, 9.17) is 26.1 Å². The van der Waals surface area contributed by atoms with Crippen molar-refractivity contribution in [2.45, 2.75) is 13.8 Å². The molecule has 1 N–H and O–H groups in total. The lowest BCUT2D eigenvalue weighted by Gasteiger charge is -2.29. The normalized spacial score (nSPS) is 13.1. The number of hydrogen-bond acceptors (Lipinski definition) is 7. The number of nitrogens with one attached hydrogen (secondary N) is 1. The lowest BCUT2D eigenvalue weighted by Crippen LogP contribution is -2.47. The van der Waals surface area contributed by atoms with Crippen molar-refractivity contribution in [2.24, 2.45) is 0 Å². The van der Waals surface area contributed by atoms with E-state index in [-0.39, 0.29) is 11.5 Å². The van der Waals surface area contributed by atoms with Crippen molar-refractivity contribution in [3.63, 3.8) is 0 Å². The van der Waals surface area contributed by atoms with E-state index in [2.05, 4.69) is 5.32 Å². The highest BCUT2D eigenvalue weighted by Crippen LogP contribution is 2.33. The second-order valence-corrected chi connectivity index (χ2v) is 11.1. The molecule has 0 aliphatic carbocycles. The monoisotopic (exact) mass is 590 g/mol. The zero-order valence-electron chi connectivity index (χ0n) is 23.4. The van der Waals surface area contributed by atoms with E-state index < -0.39 is 0 Å². The average molecular weight is 591 g/mol. The number of allylic oxidation sites excluding steroid dienone is 1. The minimum Gasteiger partial charge on any atom is -0.497 e. The second-order valence-electron chi connectivity index (χ2n) is 9.84. The number of methoxy groups -OCH3 is 2. The fourth-order valence-corrected chi connectivity index (χ4v) is 5.73. The molecule has 41 heavy (non-hydrogen) atoms. The summed E-state index contributed by atoms with van der Waals surface area (Å²) < 4.78 is 12.7. The van der Waals surface area contributed by atoms with Crippen LogP contribution in [0.2, 0.25) is 5.02 Å². The Hall–Kier alpha value is -3.92. The highest BCUT2D eigenvalue weighted by Gasteiger charge is 2.27. The number of rotatable bonds is 7. The number of piperazine rings is 1. The molecule has 0 radical (unpaired) electrons. The minimum atomic E-state index is -0.321. The standard InChI is InChI=1S/C31H31ClN4O4S/c1-19(2)15-26-23(30(37)35-13-11-33-12-14-35)17-24(29-34-25(18-41-29)20-5-7-21(32)8-6-20)31(38)36(26)27-16-22(39-3)9-10-28(27)40-4/h5-10,15-18,33H,11-14H2,1-4H3. The number of ether oxygens (including phenoxy) is 2. The molecule has 0 bridgehead atoms. The van der Waals surface area contributed by atoms with Gasteiger partial charge >= 0.3 is 0 Å². The molecule has 1 fully saturated rings. The first kappa shape index (κ1) is 28.6. The summed E-state index contributed by atoms with van der Waals surface area (Å²) in [5.74, 6) is 0.871. The van der Waals surface area contributed by atoms with Crippen LogP contribution in [0.3, 0.4) is 0 Å². The highest BCUT2D eigenvalue weighted by molar-refractivity contribution is 7.13. The first-order valence-corrected chi connectivity index (χ1v) is 14.5. The van der Waals surface area contributed by atoms with Crippen LogP contribution < -0.4 is 20.3 Å². The van der Waals surface area contributed by atoms with Gasteiger partial charge in [-0.3, -0.25) is 14.2 Å². The maximum Gasteiger partial charge on any atom is 0.266 e. The number of benzene rings is 2. The summed E-state index contributed by atoms with van der Waals surface area (Å²) in [6, 6.07) is 14.3. The van der Waals surface area contributed by atoms with E-state index in [1.807, 2.05) is 42.3 Å². The fraction of sp³-hybridized carbons (Fsp3) is 0.258. The fourth-order valence-electron chi connectivity index (χ4n) is 4.77. The number of amides is 1. The Morgan fingerprint density at radius 2 is 1.78 bits per heavy atom. The zero-order valence-corrected chi connectivity index (χ0v) is 24.9. The maximum atomic E-state index is 14.4. The zero-order chi connectivity index (χ0) is 29.1. The molecule has 0 spiro atoms. The second kappa shape index (κ2) is 12.3. The van der Waals surface area contributed by atoms with Crippen molar-refractivity contribution in [2.75, 3.05) is 40.4 Å². The molecule has 1 aliphatic rings. The Bertz CT molecular complexity index is 1670. The lowest BCUT2D eigenvalue weighted by molar-refractivity contribution is 0.0735. The smallest absolute Gasteiger partial charge is 0.266 e. The van der Waals surface area contributed by atoms with Crippen LogP contribution in [0.25, 0.3) is 33.6 Å². The Labute approximate surface area is 247 Å². The number of pyridine rings is 1. The van der Waals surface area contributed by atoms with Gasteiger partial charge in [-0.1, -0.05) is 29.3 Å². The van der Waals surface area contributed by atoms with Crippen LogP contribution in [0.4, 0.5) is 0 Å². The Balaban J connectivity index is 1.80. The van der Waals surface area contributed by atoms with Gasteiger partial charge in [-0.15, -0.1) is 11.3 Å². The van der Waals surface area contributed by atoms with Crippen LogP contribution in [-0.2, 0) is 0 Å². The summed E-state index contributed by atoms with van der Waals surface area (Å²) in [5, 5.41) is 6.33. The summed E-state index contributed by atoms with van der Waals surface area (Å²) in [4.78, 5) is 35.1. The van der Waals surface area contributed by atoms with E-state index in [1.54, 1.807) is 55.2 Å². The molecule has 212 valence electrons. The van der Waals surface area contributed by atoms with Crippen LogP contribution >= 0.6 is 22.9 Å². The molecule has 5 rings (SSSR count). The Kier molecular flexibility index (Phi) is 8.58. The van der Waals surface area contributed by atoms with Crippen molar-refractivity contribution in [3.05, 3.63) is 86.1 Å². The average Bonchev–Trinajstić information content (AvgIpc) is 3.47. The van der Waals surface area contributed by atoms with Crippen LogP contribution in [0, 0.1) is 0 Å². The van der Waals surface area contributed by atoms with Crippen LogP contribution in [0.5, 0.6) is 11.5 Å². The molecule has 0 unspecified atom stereocenters. The van der Waals surface area contributed by atoms with Crippen molar-refractivity contribution in [1.29, 1.82) is 0 Å². The van der Waals surface area contributed by atoms with Crippen molar-refractivity contribution in [3.8, 4) is 39.0 Å². The van der Waals surface area contributed by atoms with Gasteiger partial charge in [-0.05, 0) is 50.3 Å². The third-order valence-electron chi connectivity index (χ3n) is 6.80. The van der Waals surface area contributed by atoms with Gasteiger partial charge in [0, 0.05) is 48.2 Å². The molecular formula is C31H31ClN4O4S. The topological polar surface area (TPSA) is 85.7 Å². The number of carbonyl (C=O) groups is 1. The lowest BCUT2D eigenvalue weighted by atomic mass is 10.0. The number of nitrogens with zero attached hydrogens (tertiary/aromatic N) is 3. The first-order valence-electron chi connectivity index (χ1n) is 13.2. The largest absolute Gasteiger partial charge is 0.497 e. The van der Waals surface area contributed by atoms with Gasteiger partial charge in [0.15, 0.2) is 0 Å². The van der Waals surface area contributed by atoms with E-state index in [0.717, 1.165) is 16.8 Å². The van der Waals surface area contributed by atoms with Gasteiger partial charge in [0.2, 0.25) is 0 Å². The van der Waals surface area contributed by atoms with Gasteiger partial charge in [0.05, 0.1) is 42.4 Å². The van der Waals surface area contributed by atoms with Crippen LogP contribution in [0.1, 0.15) is 29.9 Å². The molecule has 1 saturated heterocycles. The minimum absolute atomic E-state index is 0.148. The quantitative estimate of drug-likeness (QED) is 0.294. The molecule has 0 atom stereocenters. The van der Waals surface area contributed by atoms with Crippen molar-refractivity contribution in [1.82, 2.24) is 19.8 Å². The first-order chi connectivity index (χ1) is 19.8.